The van der Waals surface area contributed by atoms with Crippen molar-refractivity contribution in [2.45, 2.75) is 57.3 Å². The van der Waals surface area contributed by atoms with E-state index in [4.69, 9.17) is 0 Å². The number of hydrogen-bond acceptors (Lipinski definition) is 3. The van der Waals surface area contributed by atoms with E-state index in [-0.39, 0.29) is 11.9 Å². The molecular formula is C18H27N3O. The van der Waals surface area contributed by atoms with Gasteiger partial charge in [0.25, 0.3) is 0 Å². The minimum Gasteiger partial charge on any atom is -0.352 e. The molecule has 2 N–H and O–H groups in total. The van der Waals surface area contributed by atoms with Crippen LogP contribution in [0, 0.1) is 0 Å². The van der Waals surface area contributed by atoms with Gasteiger partial charge in [0.2, 0.25) is 5.91 Å². The summed E-state index contributed by atoms with van der Waals surface area (Å²) in [5, 5.41) is 6.52. The smallest absolute Gasteiger partial charge is 0.237 e. The van der Waals surface area contributed by atoms with Crippen molar-refractivity contribution in [3.8, 4) is 0 Å². The van der Waals surface area contributed by atoms with E-state index in [1.54, 1.807) is 0 Å². The second-order valence-electron chi connectivity index (χ2n) is 6.68. The van der Waals surface area contributed by atoms with E-state index in [9.17, 15) is 4.79 Å². The van der Waals surface area contributed by atoms with E-state index in [2.05, 4.69) is 52.8 Å². The highest BCUT2D eigenvalue weighted by Crippen LogP contribution is 2.20. The van der Waals surface area contributed by atoms with E-state index in [1.165, 1.54) is 5.56 Å². The molecule has 2 heterocycles. The summed E-state index contributed by atoms with van der Waals surface area (Å²) in [5.74, 6) is 0.200. The first kappa shape index (κ1) is 15.5. The zero-order valence-electron chi connectivity index (χ0n) is 13.4. The van der Waals surface area contributed by atoms with Gasteiger partial charge in [-0.1, -0.05) is 30.3 Å². The summed E-state index contributed by atoms with van der Waals surface area (Å²) >= 11 is 0. The molecule has 2 aliphatic rings. The van der Waals surface area contributed by atoms with Gasteiger partial charge in [0, 0.05) is 25.2 Å². The number of piperidine rings is 1. The normalized spacial score (nSPS) is 29.4. The molecule has 0 aliphatic carbocycles. The quantitative estimate of drug-likeness (QED) is 0.893. The molecule has 0 bridgehead atoms. The number of benzene rings is 1. The molecule has 3 atom stereocenters. The van der Waals surface area contributed by atoms with Crippen LogP contribution in [0.15, 0.2) is 30.3 Å². The largest absolute Gasteiger partial charge is 0.352 e. The van der Waals surface area contributed by atoms with Crippen LogP contribution in [-0.4, -0.2) is 42.0 Å². The van der Waals surface area contributed by atoms with Crippen molar-refractivity contribution in [1.82, 2.24) is 15.5 Å². The molecule has 22 heavy (non-hydrogen) atoms. The monoisotopic (exact) mass is 301 g/mol. The average molecular weight is 301 g/mol. The van der Waals surface area contributed by atoms with Crippen LogP contribution in [-0.2, 0) is 11.3 Å². The zero-order valence-corrected chi connectivity index (χ0v) is 13.4. The third-order valence-electron chi connectivity index (χ3n) is 4.97. The Kier molecular flexibility index (Phi) is 5.11. The van der Waals surface area contributed by atoms with E-state index in [0.29, 0.717) is 12.1 Å². The molecule has 0 saturated carbocycles. The van der Waals surface area contributed by atoms with Crippen molar-refractivity contribution >= 4 is 5.91 Å². The zero-order chi connectivity index (χ0) is 15.4. The van der Waals surface area contributed by atoms with E-state index < -0.39 is 0 Å². The molecule has 4 heteroatoms. The van der Waals surface area contributed by atoms with Crippen LogP contribution in [0.5, 0.6) is 0 Å². The summed E-state index contributed by atoms with van der Waals surface area (Å²) in [6.45, 7) is 5.31. The van der Waals surface area contributed by atoms with Crippen LogP contribution in [0.25, 0.3) is 0 Å². The summed E-state index contributed by atoms with van der Waals surface area (Å²) in [6, 6.07) is 11.5. The highest BCUT2D eigenvalue weighted by Gasteiger charge is 2.29. The van der Waals surface area contributed by atoms with Crippen molar-refractivity contribution in [3.05, 3.63) is 35.9 Å². The van der Waals surface area contributed by atoms with Crippen LogP contribution >= 0.6 is 0 Å². The Balaban J connectivity index is 1.48. The fourth-order valence-corrected chi connectivity index (χ4v) is 3.61. The summed E-state index contributed by atoms with van der Waals surface area (Å²) < 4.78 is 0. The lowest BCUT2D eigenvalue weighted by molar-refractivity contribution is -0.123. The Bertz CT molecular complexity index is 484. The minimum atomic E-state index is 0.0395. The standard InChI is InChI=1S/C18H27N3O/c1-14-12-16(20-18(22)17-8-5-10-19-17)9-11-21(14)13-15-6-3-2-4-7-15/h2-4,6-7,14,16-17,19H,5,8-13H2,1H3,(H,20,22). The highest BCUT2D eigenvalue weighted by atomic mass is 16.2. The molecule has 1 aromatic carbocycles. The molecule has 3 unspecified atom stereocenters. The number of nitrogens with one attached hydrogen (secondary N) is 2. The summed E-state index contributed by atoms with van der Waals surface area (Å²) in [7, 11) is 0. The van der Waals surface area contributed by atoms with Gasteiger partial charge >= 0.3 is 0 Å². The lowest BCUT2D eigenvalue weighted by atomic mass is 9.97. The average Bonchev–Trinajstić information content (AvgIpc) is 3.05. The van der Waals surface area contributed by atoms with Crippen molar-refractivity contribution < 1.29 is 4.79 Å². The first-order chi connectivity index (χ1) is 10.7. The van der Waals surface area contributed by atoms with Gasteiger partial charge in [0.05, 0.1) is 6.04 Å². The number of nitrogens with zero attached hydrogens (tertiary/aromatic N) is 1. The highest BCUT2D eigenvalue weighted by molar-refractivity contribution is 5.82. The molecule has 1 aromatic rings. The third kappa shape index (κ3) is 3.87. The minimum absolute atomic E-state index is 0.0395. The third-order valence-corrected chi connectivity index (χ3v) is 4.97. The van der Waals surface area contributed by atoms with E-state index in [0.717, 1.165) is 45.3 Å². The molecule has 0 aromatic heterocycles. The van der Waals surface area contributed by atoms with Gasteiger partial charge in [-0.05, 0) is 44.7 Å². The summed E-state index contributed by atoms with van der Waals surface area (Å²) in [5.41, 5.74) is 1.37. The molecule has 2 aliphatic heterocycles. The van der Waals surface area contributed by atoms with E-state index >= 15 is 0 Å². The first-order valence-corrected chi connectivity index (χ1v) is 8.54. The lowest BCUT2D eigenvalue weighted by Crippen LogP contribution is -2.51. The SMILES string of the molecule is CC1CC(NC(=O)C2CCCN2)CCN1Cc1ccccc1. The maximum Gasteiger partial charge on any atom is 0.237 e. The molecule has 2 saturated heterocycles. The molecule has 0 radical (unpaired) electrons. The topological polar surface area (TPSA) is 44.4 Å². The van der Waals surface area contributed by atoms with E-state index in [1.807, 2.05) is 0 Å². The Morgan fingerprint density at radius 2 is 2.14 bits per heavy atom. The van der Waals surface area contributed by atoms with Crippen LogP contribution in [0.4, 0.5) is 0 Å². The van der Waals surface area contributed by atoms with Gasteiger partial charge in [-0.3, -0.25) is 9.69 Å². The maximum absolute atomic E-state index is 12.2. The second kappa shape index (κ2) is 7.25. The van der Waals surface area contributed by atoms with Crippen LogP contribution < -0.4 is 10.6 Å². The van der Waals surface area contributed by atoms with Gasteiger partial charge in [0.1, 0.15) is 0 Å². The molecular weight excluding hydrogens is 274 g/mol. The number of carbonyl (C=O) groups is 1. The Hall–Kier alpha value is -1.39. The molecule has 3 rings (SSSR count). The van der Waals surface area contributed by atoms with Crippen molar-refractivity contribution in [2.75, 3.05) is 13.1 Å². The van der Waals surface area contributed by atoms with Gasteiger partial charge < -0.3 is 10.6 Å². The Labute approximate surface area is 133 Å². The van der Waals surface area contributed by atoms with Gasteiger partial charge in [-0.2, -0.15) is 0 Å². The van der Waals surface area contributed by atoms with Gasteiger partial charge in [0.15, 0.2) is 0 Å². The van der Waals surface area contributed by atoms with Crippen molar-refractivity contribution in [1.29, 1.82) is 0 Å². The van der Waals surface area contributed by atoms with Gasteiger partial charge in [-0.15, -0.1) is 0 Å². The number of rotatable bonds is 4. The first-order valence-electron chi connectivity index (χ1n) is 8.54. The molecule has 4 nitrogen and oxygen atoms in total. The fourth-order valence-electron chi connectivity index (χ4n) is 3.61. The Morgan fingerprint density at radius 1 is 1.32 bits per heavy atom. The lowest BCUT2D eigenvalue weighted by Gasteiger charge is -2.38. The van der Waals surface area contributed by atoms with Gasteiger partial charge in [-0.25, -0.2) is 0 Å². The fraction of sp³-hybridized carbons (Fsp3) is 0.611. The predicted molar refractivity (Wildman–Crippen MR) is 88.5 cm³/mol. The van der Waals surface area contributed by atoms with Crippen molar-refractivity contribution in [3.63, 3.8) is 0 Å². The predicted octanol–water partition coefficient (Wildman–Crippen LogP) is 1.91. The summed E-state index contributed by atoms with van der Waals surface area (Å²) in [4.78, 5) is 14.7. The molecule has 120 valence electrons. The maximum atomic E-state index is 12.2. The van der Waals surface area contributed by atoms with Crippen LogP contribution in [0.2, 0.25) is 0 Å². The molecule has 2 fully saturated rings. The van der Waals surface area contributed by atoms with Crippen LogP contribution in [0.1, 0.15) is 38.2 Å². The van der Waals surface area contributed by atoms with Crippen LogP contribution in [0.3, 0.4) is 0 Å². The number of amides is 1. The molecule has 1 amide bonds. The number of hydrogen-bond donors (Lipinski definition) is 2. The molecule has 0 spiro atoms. The Morgan fingerprint density at radius 3 is 2.82 bits per heavy atom. The second-order valence-corrected chi connectivity index (χ2v) is 6.68. The van der Waals surface area contributed by atoms with Crippen molar-refractivity contribution in [2.24, 2.45) is 0 Å². The number of likely N-dealkylation sites (tertiary alicyclic amines) is 1. The summed E-state index contributed by atoms with van der Waals surface area (Å²) in [6.07, 6.45) is 4.19. The number of carbonyl (C=O) groups excluding carboxylic acids is 1.